The fraction of sp³-hybridized carbons (Fsp3) is 0.429. The first kappa shape index (κ1) is 14.2. The average Bonchev–Trinajstić information content (AvgIpc) is 2.46. The van der Waals surface area contributed by atoms with Crippen LogP contribution in [0, 0.1) is 0 Å². The summed E-state index contributed by atoms with van der Waals surface area (Å²) in [5.74, 6) is 0.222. The molecule has 0 saturated heterocycles. The topological polar surface area (TPSA) is 73.9 Å². The first-order valence-electron chi connectivity index (χ1n) is 6.50. The molecule has 6 heteroatoms. The maximum atomic E-state index is 12.0. The predicted octanol–water partition coefficient (Wildman–Crippen LogP) is 1.14. The molecule has 20 heavy (non-hydrogen) atoms. The van der Waals surface area contributed by atoms with Gasteiger partial charge in [-0.1, -0.05) is 0 Å². The average molecular weight is 279 g/mol. The van der Waals surface area contributed by atoms with Crippen LogP contribution in [0.3, 0.4) is 0 Å². The van der Waals surface area contributed by atoms with Gasteiger partial charge in [-0.15, -0.1) is 0 Å². The van der Waals surface area contributed by atoms with Crippen molar-refractivity contribution in [2.75, 3.05) is 19.8 Å². The van der Waals surface area contributed by atoms with E-state index < -0.39 is 12.1 Å². The van der Waals surface area contributed by atoms with Gasteiger partial charge in [-0.25, -0.2) is 4.79 Å². The summed E-state index contributed by atoms with van der Waals surface area (Å²) in [6.45, 7) is 4.75. The number of carbonyl (C=O) groups is 2. The molecule has 1 aliphatic heterocycles. The lowest BCUT2D eigenvalue weighted by atomic mass is 10.2. The Kier molecular flexibility index (Phi) is 4.45. The molecule has 0 radical (unpaired) electrons. The molecule has 0 bridgehead atoms. The minimum Gasteiger partial charge on any atom is -0.486 e. The van der Waals surface area contributed by atoms with E-state index >= 15 is 0 Å². The summed E-state index contributed by atoms with van der Waals surface area (Å²) in [5.41, 5.74) is 0.324. The molecule has 1 amide bonds. The van der Waals surface area contributed by atoms with E-state index in [0.29, 0.717) is 36.8 Å². The van der Waals surface area contributed by atoms with E-state index in [2.05, 4.69) is 5.32 Å². The number of carbonyl (C=O) groups excluding carboxylic acids is 2. The first-order valence-corrected chi connectivity index (χ1v) is 6.50. The highest BCUT2D eigenvalue weighted by molar-refractivity contribution is 5.92. The van der Waals surface area contributed by atoms with E-state index in [1.54, 1.807) is 25.1 Å². The second-order valence-electron chi connectivity index (χ2n) is 4.30. The molecule has 0 aromatic heterocycles. The van der Waals surface area contributed by atoms with Gasteiger partial charge in [0.25, 0.3) is 5.91 Å². The van der Waals surface area contributed by atoms with Gasteiger partial charge in [-0.2, -0.15) is 0 Å². The van der Waals surface area contributed by atoms with Crippen LogP contribution >= 0.6 is 0 Å². The summed E-state index contributed by atoms with van der Waals surface area (Å²) in [7, 11) is 0. The molecule has 0 fully saturated rings. The summed E-state index contributed by atoms with van der Waals surface area (Å²) in [6, 6.07) is 4.80. The van der Waals surface area contributed by atoms with E-state index in [4.69, 9.17) is 14.2 Å². The molecule has 0 spiro atoms. The van der Waals surface area contributed by atoms with E-state index in [9.17, 15) is 9.59 Å². The lowest BCUT2D eigenvalue weighted by Gasteiger charge is -2.19. The van der Waals surface area contributed by atoms with Crippen LogP contribution in [0.5, 0.6) is 11.5 Å². The van der Waals surface area contributed by atoms with E-state index in [-0.39, 0.29) is 5.91 Å². The van der Waals surface area contributed by atoms with Crippen LogP contribution in [0.2, 0.25) is 0 Å². The van der Waals surface area contributed by atoms with Crippen molar-refractivity contribution in [3.8, 4) is 11.5 Å². The van der Waals surface area contributed by atoms with Crippen LogP contribution in [0.25, 0.3) is 0 Å². The normalized spacial score (nSPS) is 14.3. The number of likely N-dealkylation sites (N-methyl/N-ethyl adjacent to an activating group) is 1. The van der Waals surface area contributed by atoms with Crippen LogP contribution in [-0.2, 0) is 9.53 Å². The zero-order chi connectivity index (χ0) is 14.5. The Hall–Kier alpha value is -2.24. The third-order valence-electron chi connectivity index (χ3n) is 2.78. The minimum atomic E-state index is -0.837. The molecule has 6 nitrogen and oxygen atoms in total. The third kappa shape index (κ3) is 3.20. The Morgan fingerprint density at radius 3 is 2.70 bits per heavy atom. The van der Waals surface area contributed by atoms with Gasteiger partial charge < -0.3 is 19.5 Å². The van der Waals surface area contributed by atoms with E-state index in [1.165, 1.54) is 6.92 Å². The van der Waals surface area contributed by atoms with Gasteiger partial charge in [0.05, 0.1) is 5.56 Å². The van der Waals surface area contributed by atoms with Gasteiger partial charge in [-0.05, 0) is 32.0 Å². The molecule has 2 rings (SSSR count). The van der Waals surface area contributed by atoms with Gasteiger partial charge in [0, 0.05) is 6.54 Å². The zero-order valence-corrected chi connectivity index (χ0v) is 11.5. The molecule has 1 aromatic carbocycles. The summed E-state index contributed by atoms with van der Waals surface area (Å²) in [6.07, 6.45) is -0.837. The third-order valence-corrected chi connectivity index (χ3v) is 2.78. The maximum Gasteiger partial charge on any atom is 0.339 e. The second kappa shape index (κ2) is 6.27. The van der Waals surface area contributed by atoms with Crippen molar-refractivity contribution in [1.29, 1.82) is 0 Å². The highest BCUT2D eigenvalue weighted by atomic mass is 16.6. The molecule has 0 aliphatic carbocycles. The number of rotatable bonds is 4. The first-order chi connectivity index (χ1) is 9.61. The quantitative estimate of drug-likeness (QED) is 0.837. The molecule has 1 N–H and O–H groups in total. The van der Waals surface area contributed by atoms with Crippen molar-refractivity contribution in [1.82, 2.24) is 5.32 Å². The lowest BCUT2D eigenvalue weighted by molar-refractivity contribution is -0.128. The van der Waals surface area contributed by atoms with Crippen LogP contribution in [0.1, 0.15) is 24.2 Å². The van der Waals surface area contributed by atoms with Crippen LogP contribution in [-0.4, -0.2) is 37.7 Å². The summed E-state index contributed by atoms with van der Waals surface area (Å²) in [5, 5.41) is 2.59. The highest BCUT2D eigenvalue weighted by Crippen LogP contribution is 2.30. The standard InChI is InChI=1S/C14H17NO5/c1-3-15-13(16)9(2)20-14(17)10-4-5-11-12(8-10)19-7-6-18-11/h4-5,8-9H,3,6-7H2,1-2H3,(H,15,16)/t9-/m0/s1. The fourth-order valence-corrected chi connectivity index (χ4v) is 1.77. The van der Waals surface area contributed by atoms with Crippen LogP contribution < -0.4 is 14.8 Å². The van der Waals surface area contributed by atoms with Gasteiger partial charge in [-0.3, -0.25) is 4.79 Å². The molecule has 1 aromatic rings. The number of ether oxygens (including phenoxy) is 3. The predicted molar refractivity (Wildman–Crippen MR) is 71.0 cm³/mol. The van der Waals surface area contributed by atoms with Crippen molar-refractivity contribution in [2.24, 2.45) is 0 Å². The number of esters is 1. The van der Waals surface area contributed by atoms with Crippen LogP contribution in [0.4, 0.5) is 0 Å². The number of amides is 1. The van der Waals surface area contributed by atoms with Gasteiger partial charge in [0.2, 0.25) is 0 Å². The van der Waals surface area contributed by atoms with Crippen molar-refractivity contribution in [2.45, 2.75) is 20.0 Å². The number of nitrogens with one attached hydrogen (secondary N) is 1. The molecule has 0 unspecified atom stereocenters. The smallest absolute Gasteiger partial charge is 0.339 e. The monoisotopic (exact) mass is 279 g/mol. The number of hydrogen-bond donors (Lipinski definition) is 1. The molecule has 108 valence electrons. The number of fused-ring (bicyclic) bond motifs is 1. The summed E-state index contributed by atoms with van der Waals surface area (Å²) >= 11 is 0. The highest BCUT2D eigenvalue weighted by Gasteiger charge is 2.20. The fourth-order valence-electron chi connectivity index (χ4n) is 1.77. The molecule has 0 saturated carbocycles. The Labute approximate surface area is 117 Å². The Morgan fingerprint density at radius 2 is 2.00 bits per heavy atom. The maximum absolute atomic E-state index is 12.0. The molecular formula is C14H17NO5. The number of hydrogen-bond acceptors (Lipinski definition) is 5. The van der Waals surface area contributed by atoms with E-state index in [0.717, 1.165) is 0 Å². The van der Waals surface area contributed by atoms with Crippen molar-refractivity contribution in [3.05, 3.63) is 23.8 Å². The summed E-state index contributed by atoms with van der Waals surface area (Å²) < 4.78 is 15.9. The minimum absolute atomic E-state index is 0.321. The Balaban J connectivity index is 2.04. The van der Waals surface area contributed by atoms with Crippen molar-refractivity contribution < 1.29 is 23.8 Å². The SMILES string of the molecule is CCNC(=O)[C@H](C)OC(=O)c1ccc2c(c1)OCCO2. The molecule has 1 aliphatic rings. The zero-order valence-electron chi connectivity index (χ0n) is 11.5. The van der Waals surface area contributed by atoms with Gasteiger partial charge >= 0.3 is 5.97 Å². The largest absolute Gasteiger partial charge is 0.486 e. The molecule has 1 atom stereocenters. The Morgan fingerprint density at radius 1 is 1.30 bits per heavy atom. The lowest BCUT2D eigenvalue weighted by Crippen LogP contribution is -2.35. The number of benzene rings is 1. The molecular weight excluding hydrogens is 262 g/mol. The molecule has 1 heterocycles. The van der Waals surface area contributed by atoms with Gasteiger partial charge in [0.15, 0.2) is 17.6 Å². The van der Waals surface area contributed by atoms with Crippen LogP contribution in [0.15, 0.2) is 18.2 Å². The van der Waals surface area contributed by atoms with E-state index in [1.807, 2.05) is 0 Å². The Bertz CT molecular complexity index is 514. The van der Waals surface area contributed by atoms with Crippen molar-refractivity contribution in [3.63, 3.8) is 0 Å². The van der Waals surface area contributed by atoms with Crippen molar-refractivity contribution >= 4 is 11.9 Å². The second-order valence-corrected chi connectivity index (χ2v) is 4.30. The summed E-state index contributed by atoms with van der Waals surface area (Å²) in [4.78, 5) is 23.5. The van der Waals surface area contributed by atoms with Gasteiger partial charge in [0.1, 0.15) is 13.2 Å².